The van der Waals surface area contributed by atoms with Gasteiger partial charge in [0.1, 0.15) is 6.10 Å². The molecule has 0 spiro atoms. The van der Waals surface area contributed by atoms with Crippen molar-refractivity contribution >= 4 is 10.8 Å². The summed E-state index contributed by atoms with van der Waals surface area (Å²) in [6, 6.07) is 14.8. The summed E-state index contributed by atoms with van der Waals surface area (Å²) in [6.45, 7) is 0. The molecule has 0 amide bonds. The molecule has 0 fully saturated rings. The van der Waals surface area contributed by atoms with Gasteiger partial charge in [0.15, 0.2) is 0 Å². The van der Waals surface area contributed by atoms with Gasteiger partial charge in [-0.05, 0) is 16.8 Å². The van der Waals surface area contributed by atoms with Gasteiger partial charge < -0.3 is 4.74 Å². The highest BCUT2D eigenvalue weighted by molar-refractivity contribution is 5.86. The fourth-order valence-corrected chi connectivity index (χ4v) is 2.12. The number of fused-ring (bicyclic) bond motifs is 1. The van der Waals surface area contributed by atoms with Gasteiger partial charge in [-0.3, -0.25) is 0 Å². The standard InChI is InChI=1S/C14H12O/c1-2-7-12-11(5-1)6-3-8-13(12)14-9-4-10-15-14/h1-8,10,14H,9H2/t14-/m0/s1. The highest BCUT2D eigenvalue weighted by Gasteiger charge is 2.15. The van der Waals surface area contributed by atoms with Gasteiger partial charge in [0.2, 0.25) is 0 Å². The molecule has 0 N–H and O–H groups in total. The molecule has 1 aliphatic heterocycles. The van der Waals surface area contributed by atoms with Crippen molar-refractivity contribution in [3.63, 3.8) is 0 Å². The van der Waals surface area contributed by atoms with Crippen LogP contribution in [0, 0.1) is 0 Å². The molecule has 3 rings (SSSR count). The first kappa shape index (κ1) is 8.54. The molecule has 1 heteroatoms. The zero-order valence-electron chi connectivity index (χ0n) is 8.39. The molecule has 0 bridgehead atoms. The Morgan fingerprint density at radius 2 is 1.87 bits per heavy atom. The molecular formula is C14H12O. The summed E-state index contributed by atoms with van der Waals surface area (Å²) in [4.78, 5) is 0. The predicted octanol–water partition coefficient (Wildman–Crippen LogP) is 3.81. The Morgan fingerprint density at radius 3 is 2.73 bits per heavy atom. The number of rotatable bonds is 1. The first-order chi connectivity index (χ1) is 7.45. The molecule has 0 radical (unpaired) electrons. The van der Waals surface area contributed by atoms with Gasteiger partial charge in [-0.1, -0.05) is 42.5 Å². The second kappa shape index (κ2) is 3.43. The summed E-state index contributed by atoms with van der Waals surface area (Å²) >= 11 is 0. The zero-order valence-corrected chi connectivity index (χ0v) is 8.39. The second-order valence-corrected chi connectivity index (χ2v) is 3.80. The Kier molecular flexibility index (Phi) is 1.95. The summed E-state index contributed by atoms with van der Waals surface area (Å²) in [5.41, 5.74) is 1.29. The van der Waals surface area contributed by atoms with E-state index in [-0.39, 0.29) is 6.10 Å². The van der Waals surface area contributed by atoms with Gasteiger partial charge in [0.05, 0.1) is 6.26 Å². The third kappa shape index (κ3) is 1.40. The Labute approximate surface area is 89.0 Å². The molecule has 1 heterocycles. The molecule has 0 aliphatic carbocycles. The van der Waals surface area contributed by atoms with Gasteiger partial charge in [-0.15, -0.1) is 0 Å². The lowest BCUT2D eigenvalue weighted by atomic mass is 9.99. The van der Waals surface area contributed by atoms with E-state index in [1.165, 1.54) is 16.3 Å². The Bertz CT molecular complexity index is 500. The van der Waals surface area contributed by atoms with E-state index >= 15 is 0 Å². The maximum Gasteiger partial charge on any atom is 0.127 e. The van der Waals surface area contributed by atoms with Crippen molar-refractivity contribution in [3.05, 3.63) is 60.4 Å². The van der Waals surface area contributed by atoms with E-state index in [1.807, 2.05) is 0 Å². The molecule has 0 saturated heterocycles. The van der Waals surface area contributed by atoms with Gasteiger partial charge >= 0.3 is 0 Å². The number of ether oxygens (including phenoxy) is 1. The molecule has 0 aromatic heterocycles. The van der Waals surface area contributed by atoms with Gasteiger partial charge in [-0.25, -0.2) is 0 Å². The van der Waals surface area contributed by atoms with Gasteiger partial charge in [0.25, 0.3) is 0 Å². The quantitative estimate of drug-likeness (QED) is 0.673. The fraction of sp³-hybridized carbons (Fsp3) is 0.143. The molecule has 2 aromatic carbocycles. The van der Waals surface area contributed by atoms with E-state index in [1.54, 1.807) is 6.26 Å². The van der Waals surface area contributed by atoms with Crippen LogP contribution in [0.1, 0.15) is 18.1 Å². The lowest BCUT2D eigenvalue weighted by molar-refractivity contribution is 0.175. The number of hydrogen-bond acceptors (Lipinski definition) is 1. The van der Waals surface area contributed by atoms with Crippen molar-refractivity contribution in [2.75, 3.05) is 0 Å². The second-order valence-electron chi connectivity index (χ2n) is 3.80. The summed E-state index contributed by atoms with van der Waals surface area (Å²) in [5.74, 6) is 0. The number of benzene rings is 2. The molecule has 1 aliphatic rings. The highest BCUT2D eigenvalue weighted by atomic mass is 16.5. The zero-order chi connectivity index (χ0) is 10.1. The molecule has 0 unspecified atom stereocenters. The van der Waals surface area contributed by atoms with E-state index < -0.39 is 0 Å². The molecule has 15 heavy (non-hydrogen) atoms. The molecule has 1 atom stereocenters. The van der Waals surface area contributed by atoms with Crippen molar-refractivity contribution in [1.82, 2.24) is 0 Å². The van der Waals surface area contributed by atoms with E-state index in [0.29, 0.717) is 0 Å². The first-order valence-electron chi connectivity index (χ1n) is 5.23. The average Bonchev–Trinajstić information content (AvgIpc) is 2.82. The van der Waals surface area contributed by atoms with Crippen LogP contribution in [-0.2, 0) is 4.74 Å². The van der Waals surface area contributed by atoms with Crippen molar-refractivity contribution < 1.29 is 4.74 Å². The van der Waals surface area contributed by atoms with Crippen LogP contribution in [0.2, 0.25) is 0 Å². The van der Waals surface area contributed by atoms with Crippen LogP contribution in [0.4, 0.5) is 0 Å². The molecule has 1 nitrogen and oxygen atoms in total. The Balaban J connectivity index is 2.17. The lowest BCUT2D eigenvalue weighted by Gasteiger charge is -2.13. The summed E-state index contributed by atoms with van der Waals surface area (Å²) in [5, 5.41) is 2.58. The third-order valence-electron chi connectivity index (χ3n) is 2.86. The minimum Gasteiger partial charge on any atom is -0.493 e. The van der Waals surface area contributed by atoms with Crippen LogP contribution in [0.5, 0.6) is 0 Å². The Hall–Kier alpha value is -1.76. The number of hydrogen-bond donors (Lipinski definition) is 0. The van der Waals surface area contributed by atoms with Crippen LogP contribution in [0.25, 0.3) is 10.8 Å². The third-order valence-corrected chi connectivity index (χ3v) is 2.86. The van der Waals surface area contributed by atoms with Crippen LogP contribution < -0.4 is 0 Å². The van der Waals surface area contributed by atoms with Crippen molar-refractivity contribution in [3.8, 4) is 0 Å². The van der Waals surface area contributed by atoms with E-state index in [0.717, 1.165) is 6.42 Å². The summed E-state index contributed by atoms with van der Waals surface area (Å²) in [7, 11) is 0. The van der Waals surface area contributed by atoms with Crippen LogP contribution in [0.15, 0.2) is 54.8 Å². The normalized spacial score (nSPS) is 19.3. The highest BCUT2D eigenvalue weighted by Crippen LogP contribution is 2.31. The average molecular weight is 196 g/mol. The first-order valence-corrected chi connectivity index (χ1v) is 5.23. The summed E-state index contributed by atoms with van der Waals surface area (Å²) < 4.78 is 5.57. The minimum atomic E-state index is 0.205. The topological polar surface area (TPSA) is 9.23 Å². The largest absolute Gasteiger partial charge is 0.493 e. The van der Waals surface area contributed by atoms with Crippen molar-refractivity contribution in [2.45, 2.75) is 12.5 Å². The summed E-state index contributed by atoms with van der Waals surface area (Å²) in [6.07, 6.45) is 5.06. The SMILES string of the molecule is C1=CO[C@H](c2cccc3ccccc23)C1. The maximum absolute atomic E-state index is 5.57. The van der Waals surface area contributed by atoms with Gasteiger partial charge in [-0.2, -0.15) is 0 Å². The Morgan fingerprint density at radius 1 is 1.00 bits per heavy atom. The smallest absolute Gasteiger partial charge is 0.127 e. The molecule has 2 aromatic rings. The molecule has 74 valence electrons. The van der Waals surface area contributed by atoms with Gasteiger partial charge in [0, 0.05) is 12.0 Å². The van der Waals surface area contributed by atoms with E-state index in [9.17, 15) is 0 Å². The predicted molar refractivity (Wildman–Crippen MR) is 61.5 cm³/mol. The minimum absolute atomic E-state index is 0.205. The molecular weight excluding hydrogens is 184 g/mol. The van der Waals surface area contributed by atoms with Crippen LogP contribution in [0.3, 0.4) is 0 Å². The van der Waals surface area contributed by atoms with Crippen LogP contribution in [-0.4, -0.2) is 0 Å². The van der Waals surface area contributed by atoms with Crippen LogP contribution >= 0.6 is 0 Å². The van der Waals surface area contributed by atoms with Crippen molar-refractivity contribution in [1.29, 1.82) is 0 Å². The fourth-order valence-electron chi connectivity index (χ4n) is 2.12. The maximum atomic E-state index is 5.57. The van der Waals surface area contributed by atoms with E-state index in [4.69, 9.17) is 4.74 Å². The molecule has 0 saturated carbocycles. The lowest BCUT2D eigenvalue weighted by Crippen LogP contribution is -1.95. The van der Waals surface area contributed by atoms with E-state index in [2.05, 4.69) is 48.5 Å². The van der Waals surface area contributed by atoms with Crippen molar-refractivity contribution in [2.24, 2.45) is 0 Å². The monoisotopic (exact) mass is 196 g/mol.